The van der Waals surface area contributed by atoms with Gasteiger partial charge < -0.3 is 0 Å². The minimum absolute atomic E-state index is 0.769. The van der Waals surface area contributed by atoms with E-state index in [4.69, 9.17) is 0 Å². The van der Waals surface area contributed by atoms with E-state index in [1.54, 1.807) is 0 Å². The standard InChI is InChI=1S/C11H16N3/c1-2-4-10(5-3-1)14-8-11-12-6-7-13(11)9-14/h6-8,10H,1-5,9H2/q+1. The van der Waals surface area contributed by atoms with E-state index < -0.39 is 0 Å². The fraction of sp³-hybridized carbons (Fsp3) is 0.636. The second-order valence-corrected chi connectivity index (χ2v) is 4.33. The van der Waals surface area contributed by atoms with Gasteiger partial charge in [-0.1, -0.05) is 6.42 Å². The predicted octanol–water partition coefficient (Wildman–Crippen LogP) is 1.62. The Morgan fingerprint density at radius 1 is 1.29 bits per heavy atom. The predicted molar refractivity (Wildman–Crippen MR) is 54.5 cm³/mol. The second kappa shape index (κ2) is 3.23. The van der Waals surface area contributed by atoms with Crippen LogP contribution in [0.4, 0.5) is 0 Å². The fourth-order valence-electron chi connectivity index (χ4n) is 2.57. The summed E-state index contributed by atoms with van der Waals surface area (Å²) in [5, 5.41) is 0. The van der Waals surface area contributed by atoms with Crippen LogP contribution in [0.5, 0.6) is 0 Å². The first-order chi connectivity index (χ1) is 6.93. The molecule has 14 heavy (non-hydrogen) atoms. The molecule has 1 aliphatic carbocycles. The van der Waals surface area contributed by atoms with Crippen LogP contribution in [0.3, 0.4) is 0 Å². The molecule has 0 N–H and O–H groups in total. The van der Waals surface area contributed by atoms with Gasteiger partial charge in [-0.05, 0) is 12.8 Å². The highest BCUT2D eigenvalue weighted by Gasteiger charge is 2.28. The molecule has 0 bridgehead atoms. The quantitative estimate of drug-likeness (QED) is 0.616. The van der Waals surface area contributed by atoms with Crippen LogP contribution in [0.2, 0.25) is 0 Å². The molecule has 1 saturated carbocycles. The minimum Gasteiger partial charge on any atom is -0.270 e. The van der Waals surface area contributed by atoms with Crippen LogP contribution in [0.1, 0.15) is 37.9 Å². The Kier molecular flexibility index (Phi) is 1.89. The Hall–Kier alpha value is -1.12. The lowest BCUT2D eigenvalue weighted by Gasteiger charge is -2.18. The first-order valence-corrected chi connectivity index (χ1v) is 5.55. The van der Waals surface area contributed by atoms with Gasteiger partial charge in [-0.25, -0.2) is 9.56 Å². The van der Waals surface area contributed by atoms with E-state index in [1.165, 1.54) is 32.1 Å². The molecule has 0 saturated heterocycles. The van der Waals surface area contributed by atoms with Crippen LogP contribution in [0.25, 0.3) is 0 Å². The molecule has 0 unspecified atom stereocenters. The average Bonchev–Trinajstić information content (AvgIpc) is 2.78. The summed E-state index contributed by atoms with van der Waals surface area (Å²) < 4.78 is 4.68. The number of aromatic nitrogens is 2. The Bertz CT molecular complexity index is 358. The van der Waals surface area contributed by atoms with Crippen molar-refractivity contribution in [2.45, 2.75) is 44.8 Å². The van der Waals surface area contributed by atoms with Gasteiger partial charge in [0.2, 0.25) is 18.7 Å². The van der Waals surface area contributed by atoms with Crippen LogP contribution in [-0.4, -0.2) is 26.4 Å². The maximum absolute atomic E-state index is 4.31. The summed E-state index contributed by atoms with van der Waals surface area (Å²) in [6.45, 7) is 1.01. The Balaban J connectivity index is 1.78. The molecule has 74 valence electrons. The lowest BCUT2D eigenvalue weighted by Crippen LogP contribution is -2.27. The molecule has 0 amide bonds. The number of imidazole rings is 1. The third-order valence-electron chi connectivity index (χ3n) is 3.39. The van der Waals surface area contributed by atoms with Crippen molar-refractivity contribution in [3.63, 3.8) is 0 Å². The zero-order valence-electron chi connectivity index (χ0n) is 8.39. The minimum atomic E-state index is 0.769. The van der Waals surface area contributed by atoms with Gasteiger partial charge in [-0.2, -0.15) is 0 Å². The van der Waals surface area contributed by atoms with Gasteiger partial charge in [-0.3, -0.25) is 4.57 Å². The maximum Gasteiger partial charge on any atom is 0.224 e. The van der Waals surface area contributed by atoms with E-state index in [0.29, 0.717) is 0 Å². The molecule has 0 radical (unpaired) electrons. The first-order valence-electron chi connectivity index (χ1n) is 5.55. The summed E-state index contributed by atoms with van der Waals surface area (Å²) in [5.41, 5.74) is 0. The van der Waals surface area contributed by atoms with Crippen LogP contribution >= 0.6 is 0 Å². The molecule has 2 heterocycles. The van der Waals surface area contributed by atoms with Crippen molar-refractivity contribution in [2.75, 3.05) is 0 Å². The van der Waals surface area contributed by atoms with Crippen molar-refractivity contribution in [1.29, 1.82) is 0 Å². The third-order valence-corrected chi connectivity index (χ3v) is 3.39. The number of rotatable bonds is 1. The third kappa shape index (κ3) is 1.27. The molecule has 0 aromatic carbocycles. The average molecular weight is 190 g/mol. The normalized spacial score (nSPS) is 22.1. The summed E-state index contributed by atoms with van der Waals surface area (Å²) in [5.74, 6) is 1.12. The van der Waals surface area contributed by atoms with Gasteiger partial charge in [0, 0.05) is 25.2 Å². The molecule has 1 aromatic rings. The summed E-state index contributed by atoms with van der Waals surface area (Å²) in [4.78, 5) is 4.31. The van der Waals surface area contributed by atoms with Crippen LogP contribution in [0.15, 0.2) is 12.4 Å². The van der Waals surface area contributed by atoms with Gasteiger partial charge in [-0.15, -0.1) is 0 Å². The van der Waals surface area contributed by atoms with E-state index >= 15 is 0 Å². The van der Waals surface area contributed by atoms with Crippen LogP contribution < -0.4 is 0 Å². The largest absolute Gasteiger partial charge is 0.270 e. The molecule has 0 spiro atoms. The molecule has 3 rings (SSSR count). The van der Waals surface area contributed by atoms with Crippen molar-refractivity contribution in [2.24, 2.45) is 0 Å². The summed E-state index contributed by atoms with van der Waals surface area (Å²) >= 11 is 0. The van der Waals surface area contributed by atoms with E-state index in [-0.39, 0.29) is 0 Å². The molecule has 1 fully saturated rings. The van der Waals surface area contributed by atoms with Gasteiger partial charge in [0.1, 0.15) is 0 Å². The number of fused-ring (bicyclic) bond motifs is 1. The van der Waals surface area contributed by atoms with Crippen molar-refractivity contribution >= 4 is 6.21 Å². The van der Waals surface area contributed by atoms with Gasteiger partial charge in [0.25, 0.3) is 0 Å². The molecule has 1 aromatic heterocycles. The molecular weight excluding hydrogens is 174 g/mol. The van der Waals surface area contributed by atoms with E-state index in [0.717, 1.165) is 18.5 Å². The Morgan fingerprint density at radius 3 is 2.93 bits per heavy atom. The maximum atomic E-state index is 4.31. The SMILES string of the molecule is C1=[N+](C2CCCCC2)Cn2ccnc21. The fourth-order valence-corrected chi connectivity index (χ4v) is 2.57. The van der Waals surface area contributed by atoms with Crippen molar-refractivity contribution in [1.82, 2.24) is 9.55 Å². The van der Waals surface area contributed by atoms with Gasteiger partial charge >= 0.3 is 0 Å². The molecule has 3 nitrogen and oxygen atoms in total. The molecule has 3 heteroatoms. The lowest BCUT2D eigenvalue weighted by molar-refractivity contribution is -0.588. The van der Waals surface area contributed by atoms with Crippen LogP contribution in [-0.2, 0) is 6.67 Å². The molecule has 1 aliphatic heterocycles. The van der Waals surface area contributed by atoms with E-state index in [1.807, 2.05) is 6.20 Å². The second-order valence-electron chi connectivity index (χ2n) is 4.33. The molecule has 0 atom stereocenters. The van der Waals surface area contributed by atoms with Crippen molar-refractivity contribution in [3.8, 4) is 0 Å². The molecular formula is C11H16N3+. The summed E-state index contributed by atoms with van der Waals surface area (Å²) in [6.07, 6.45) is 13.1. The molecule has 2 aliphatic rings. The monoisotopic (exact) mass is 190 g/mol. The topological polar surface area (TPSA) is 20.8 Å². The van der Waals surface area contributed by atoms with Gasteiger partial charge in [0.05, 0.1) is 0 Å². The Labute approximate surface area is 84.1 Å². The number of nitrogens with zero attached hydrogens (tertiary/aromatic N) is 3. The first kappa shape index (κ1) is 8.21. The zero-order valence-corrected chi connectivity index (χ0v) is 8.39. The highest BCUT2D eigenvalue weighted by molar-refractivity contribution is 5.71. The summed E-state index contributed by atoms with van der Waals surface area (Å²) in [6, 6.07) is 0.769. The Morgan fingerprint density at radius 2 is 2.14 bits per heavy atom. The zero-order chi connectivity index (χ0) is 9.38. The van der Waals surface area contributed by atoms with Crippen molar-refractivity contribution in [3.05, 3.63) is 18.2 Å². The van der Waals surface area contributed by atoms with Crippen molar-refractivity contribution < 1.29 is 4.58 Å². The highest BCUT2D eigenvalue weighted by atomic mass is 15.3. The van der Waals surface area contributed by atoms with E-state index in [9.17, 15) is 0 Å². The number of hydrogen-bond donors (Lipinski definition) is 0. The van der Waals surface area contributed by atoms with Crippen LogP contribution in [0, 0.1) is 0 Å². The summed E-state index contributed by atoms with van der Waals surface area (Å²) in [7, 11) is 0. The lowest BCUT2D eigenvalue weighted by atomic mass is 9.95. The van der Waals surface area contributed by atoms with E-state index in [2.05, 4.69) is 26.5 Å². The van der Waals surface area contributed by atoms with Gasteiger partial charge in [0.15, 0.2) is 6.04 Å². The smallest absolute Gasteiger partial charge is 0.224 e. The number of hydrogen-bond acceptors (Lipinski definition) is 1. The highest BCUT2D eigenvalue weighted by Crippen LogP contribution is 2.21.